The molecule has 1 saturated heterocycles. The molecule has 1 aromatic rings. The average molecular weight is 271 g/mol. The Morgan fingerprint density at radius 3 is 2.84 bits per heavy atom. The van der Waals surface area contributed by atoms with E-state index in [4.69, 9.17) is 4.74 Å². The highest BCUT2D eigenvalue weighted by Crippen LogP contribution is 2.16. The molecule has 2 rings (SSSR count). The van der Waals surface area contributed by atoms with Gasteiger partial charge in [-0.2, -0.15) is 0 Å². The molecule has 0 amide bonds. The third-order valence-corrected chi connectivity index (χ3v) is 3.31. The first-order valence-electron chi connectivity index (χ1n) is 6.62. The van der Waals surface area contributed by atoms with E-state index in [1.165, 1.54) is 6.07 Å². The number of rotatable bonds is 5. The van der Waals surface area contributed by atoms with E-state index in [2.05, 4.69) is 5.32 Å². The number of hydrogen-bond donors (Lipinski definition) is 2. The fourth-order valence-electron chi connectivity index (χ4n) is 2.19. The van der Waals surface area contributed by atoms with Gasteiger partial charge in [0.15, 0.2) is 11.6 Å². The van der Waals surface area contributed by atoms with Crippen LogP contribution in [-0.4, -0.2) is 30.9 Å². The molecule has 1 aliphatic rings. The van der Waals surface area contributed by atoms with Crippen molar-refractivity contribution in [1.29, 1.82) is 0 Å². The molecule has 0 spiro atoms. The van der Waals surface area contributed by atoms with Crippen LogP contribution in [0.4, 0.5) is 8.78 Å². The van der Waals surface area contributed by atoms with Crippen molar-refractivity contribution in [3.63, 3.8) is 0 Å². The van der Waals surface area contributed by atoms with Gasteiger partial charge in [-0.15, -0.1) is 0 Å². The summed E-state index contributed by atoms with van der Waals surface area (Å²) in [5, 5.41) is 13.0. The smallest absolute Gasteiger partial charge is 0.159 e. The van der Waals surface area contributed by atoms with E-state index in [9.17, 15) is 13.9 Å². The highest BCUT2D eigenvalue weighted by atomic mass is 19.2. The van der Waals surface area contributed by atoms with Gasteiger partial charge in [-0.3, -0.25) is 0 Å². The van der Waals surface area contributed by atoms with E-state index in [-0.39, 0.29) is 6.10 Å². The molecule has 2 atom stereocenters. The Kier molecular flexibility index (Phi) is 5.24. The maximum absolute atomic E-state index is 13.0. The van der Waals surface area contributed by atoms with Crippen molar-refractivity contribution in [2.45, 2.75) is 31.5 Å². The Hall–Kier alpha value is -1.04. The maximum atomic E-state index is 13.0. The lowest BCUT2D eigenvalue weighted by Crippen LogP contribution is -2.34. The average Bonchev–Trinajstić information content (AvgIpc) is 2.43. The molecule has 1 aliphatic heterocycles. The number of halogens is 2. The minimum atomic E-state index is -0.938. The molecule has 0 aromatic heterocycles. The van der Waals surface area contributed by atoms with E-state index in [1.807, 2.05) is 0 Å². The first kappa shape index (κ1) is 14.4. The van der Waals surface area contributed by atoms with E-state index in [0.29, 0.717) is 18.7 Å². The molecule has 5 heteroatoms. The predicted molar refractivity (Wildman–Crippen MR) is 67.8 cm³/mol. The summed E-state index contributed by atoms with van der Waals surface area (Å²) in [6.45, 7) is 1.75. The summed E-state index contributed by atoms with van der Waals surface area (Å²) in [7, 11) is 0. The number of aliphatic hydroxyl groups is 1. The molecule has 3 nitrogen and oxygen atoms in total. The molecule has 2 N–H and O–H groups in total. The van der Waals surface area contributed by atoms with Crippen molar-refractivity contribution in [3.05, 3.63) is 35.4 Å². The van der Waals surface area contributed by atoms with Crippen molar-refractivity contribution < 1.29 is 18.6 Å². The quantitative estimate of drug-likeness (QED) is 0.862. The minimum Gasteiger partial charge on any atom is -0.387 e. The highest BCUT2D eigenvalue weighted by molar-refractivity contribution is 5.20. The van der Waals surface area contributed by atoms with Crippen molar-refractivity contribution >= 4 is 0 Å². The van der Waals surface area contributed by atoms with Crippen LogP contribution in [0.1, 0.15) is 30.9 Å². The summed E-state index contributed by atoms with van der Waals surface area (Å²) < 4.78 is 31.3. The summed E-state index contributed by atoms with van der Waals surface area (Å²) >= 11 is 0. The standard InChI is InChI=1S/C14H19F2NO2/c15-12-5-4-10(7-13(12)16)14(18)9-17-8-11-3-1-2-6-19-11/h4-5,7,11,14,17-18H,1-3,6,8-9H2. The van der Waals surface area contributed by atoms with Crippen LogP contribution >= 0.6 is 0 Å². The number of ether oxygens (including phenoxy) is 1. The normalized spacial score (nSPS) is 21.3. The molecule has 19 heavy (non-hydrogen) atoms. The van der Waals surface area contributed by atoms with Gasteiger partial charge in [-0.25, -0.2) is 8.78 Å². The third-order valence-electron chi connectivity index (χ3n) is 3.31. The van der Waals surface area contributed by atoms with Crippen LogP contribution in [0.2, 0.25) is 0 Å². The van der Waals surface area contributed by atoms with Crippen LogP contribution in [0.3, 0.4) is 0 Å². The van der Waals surface area contributed by atoms with E-state index >= 15 is 0 Å². The molecule has 1 fully saturated rings. The molecule has 0 radical (unpaired) electrons. The molecule has 2 unspecified atom stereocenters. The molecular formula is C14H19F2NO2. The summed E-state index contributed by atoms with van der Waals surface area (Å²) in [5.74, 6) is -1.84. The van der Waals surface area contributed by atoms with Crippen LogP contribution in [0.25, 0.3) is 0 Å². The van der Waals surface area contributed by atoms with E-state index < -0.39 is 17.7 Å². The molecule has 0 aliphatic carbocycles. The van der Waals surface area contributed by atoms with Gasteiger partial charge in [0.25, 0.3) is 0 Å². The second kappa shape index (κ2) is 6.93. The lowest BCUT2D eigenvalue weighted by atomic mass is 10.1. The van der Waals surface area contributed by atoms with Crippen molar-refractivity contribution in [2.75, 3.05) is 19.7 Å². The number of nitrogens with one attached hydrogen (secondary N) is 1. The van der Waals surface area contributed by atoms with Gasteiger partial charge >= 0.3 is 0 Å². The van der Waals surface area contributed by atoms with Crippen LogP contribution < -0.4 is 5.32 Å². The molecule has 1 aromatic carbocycles. The summed E-state index contributed by atoms with van der Waals surface area (Å²) in [5.41, 5.74) is 0.371. The van der Waals surface area contributed by atoms with Gasteiger partial charge in [-0.05, 0) is 37.0 Å². The largest absolute Gasteiger partial charge is 0.387 e. The second-order valence-electron chi connectivity index (χ2n) is 4.84. The van der Waals surface area contributed by atoms with Crippen LogP contribution in [0.5, 0.6) is 0 Å². The van der Waals surface area contributed by atoms with Crippen molar-refractivity contribution in [3.8, 4) is 0 Å². The SMILES string of the molecule is OC(CNCC1CCCCO1)c1ccc(F)c(F)c1. The lowest BCUT2D eigenvalue weighted by molar-refractivity contribution is 0.0152. The number of benzene rings is 1. The highest BCUT2D eigenvalue weighted by Gasteiger charge is 2.15. The zero-order valence-corrected chi connectivity index (χ0v) is 10.7. The Morgan fingerprint density at radius 1 is 1.32 bits per heavy atom. The van der Waals surface area contributed by atoms with Gasteiger partial charge in [0.05, 0.1) is 12.2 Å². The zero-order chi connectivity index (χ0) is 13.7. The van der Waals surface area contributed by atoms with Gasteiger partial charge in [0, 0.05) is 19.7 Å². The molecule has 0 saturated carbocycles. The third kappa shape index (κ3) is 4.23. The van der Waals surface area contributed by atoms with Gasteiger partial charge in [-0.1, -0.05) is 6.07 Å². The first-order valence-corrected chi connectivity index (χ1v) is 6.62. The zero-order valence-electron chi connectivity index (χ0n) is 10.7. The Morgan fingerprint density at radius 2 is 2.16 bits per heavy atom. The monoisotopic (exact) mass is 271 g/mol. The number of aliphatic hydroxyl groups excluding tert-OH is 1. The fourth-order valence-corrected chi connectivity index (χ4v) is 2.19. The Labute approximate surface area is 111 Å². The summed E-state index contributed by atoms with van der Waals surface area (Å²) in [6.07, 6.45) is 2.63. The fraction of sp³-hybridized carbons (Fsp3) is 0.571. The maximum Gasteiger partial charge on any atom is 0.159 e. The first-order chi connectivity index (χ1) is 9.16. The molecular weight excluding hydrogens is 252 g/mol. The lowest BCUT2D eigenvalue weighted by Gasteiger charge is -2.23. The predicted octanol–water partition coefficient (Wildman–Crippen LogP) is 2.16. The number of hydrogen-bond acceptors (Lipinski definition) is 3. The second-order valence-corrected chi connectivity index (χ2v) is 4.84. The van der Waals surface area contributed by atoms with Gasteiger partial charge in [0.2, 0.25) is 0 Å². The van der Waals surface area contributed by atoms with Crippen molar-refractivity contribution in [2.24, 2.45) is 0 Å². The molecule has 1 heterocycles. The minimum absolute atomic E-state index is 0.186. The molecule has 0 bridgehead atoms. The van der Waals surface area contributed by atoms with E-state index in [1.54, 1.807) is 0 Å². The summed E-state index contributed by atoms with van der Waals surface area (Å²) in [6, 6.07) is 3.44. The van der Waals surface area contributed by atoms with Crippen LogP contribution in [-0.2, 0) is 4.74 Å². The van der Waals surface area contributed by atoms with Crippen LogP contribution in [0, 0.1) is 11.6 Å². The van der Waals surface area contributed by atoms with Gasteiger partial charge in [0.1, 0.15) is 0 Å². The molecule has 106 valence electrons. The van der Waals surface area contributed by atoms with Crippen LogP contribution in [0.15, 0.2) is 18.2 Å². The van der Waals surface area contributed by atoms with Gasteiger partial charge < -0.3 is 15.2 Å². The Balaban J connectivity index is 1.76. The van der Waals surface area contributed by atoms with Crippen molar-refractivity contribution in [1.82, 2.24) is 5.32 Å². The Bertz CT molecular complexity index is 408. The summed E-state index contributed by atoms with van der Waals surface area (Å²) in [4.78, 5) is 0. The van der Waals surface area contributed by atoms with E-state index in [0.717, 1.165) is 38.0 Å². The topological polar surface area (TPSA) is 41.5 Å².